The third-order valence-electron chi connectivity index (χ3n) is 5.01. The molecule has 1 saturated heterocycles. The van der Waals surface area contributed by atoms with Crippen molar-refractivity contribution < 1.29 is 18.8 Å². The van der Waals surface area contributed by atoms with Crippen molar-refractivity contribution in [3.8, 4) is 0 Å². The highest BCUT2D eigenvalue weighted by Gasteiger charge is 2.55. The molecule has 2 atom stereocenters. The molecule has 134 valence electrons. The van der Waals surface area contributed by atoms with Gasteiger partial charge >= 0.3 is 6.03 Å². The Morgan fingerprint density at radius 1 is 1.44 bits per heavy atom. The number of hydrogen-bond donors (Lipinski definition) is 2. The molecule has 0 unspecified atom stereocenters. The van der Waals surface area contributed by atoms with Gasteiger partial charge in [-0.25, -0.2) is 9.18 Å². The summed E-state index contributed by atoms with van der Waals surface area (Å²) in [6.45, 7) is 1.51. The highest BCUT2D eigenvalue weighted by molar-refractivity contribution is 9.10. The van der Waals surface area contributed by atoms with Gasteiger partial charge in [0.05, 0.1) is 5.69 Å². The zero-order chi connectivity index (χ0) is 18.2. The molecule has 0 aromatic heterocycles. The number of nitrogens with zero attached hydrogens (tertiary/aromatic N) is 1. The lowest BCUT2D eigenvalue weighted by atomic mass is 9.73. The Labute approximate surface area is 153 Å². The summed E-state index contributed by atoms with van der Waals surface area (Å²) < 4.78 is 14.4. The normalized spacial score (nSPS) is 26.0. The van der Waals surface area contributed by atoms with Gasteiger partial charge in [-0.3, -0.25) is 14.5 Å². The van der Waals surface area contributed by atoms with E-state index < -0.39 is 29.8 Å². The van der Waals surface area contributed by atoms with Crippen LogP contribution in [0.5, 0.6) is 0 Å². The summed E-state index contributed by atoms with van der Waals surface area (Å²) >= 11 is 3.14. The first-order chi connectivity index (χ1) is 11.8. The molecule has 2 aliphatic rings. The summed E-state index contributed by atoms with van der Waals surface area (Å²) in [4.78, 5) is 38.1. The summed E-state index contributed by atoms with van der Waals surface area (Å²) in [5.41, 5.74) is -0.903. The van der Waals surface area contributed by atoms with Gasteiger partial charge in [-0.1, -0.05) is 35.7 Å². The average Bonchev–Trinajstić information content (AvgIpc) is 2.78. The van der Waals surface area contributed by atoms with Gasteiger partial charge < -0.3 is 10.6 Å². The molecule has 1 aromatic carbocycles. The fourth-order valence-corrected chi connectivity index (χ4v) is 3.90. The number of imide groups is 1. The average molecular weight is 412 g/mol. The van der Waals surface area contributed by atoms with E-state index in [1.54, 1.807) is 6.07 Å². The molecule has 2 N–H and O–H groups in total. The fraction of sp³-hybridized carbons (Fsp3) is 0.471. The van der Waals surface area contributed by atoms with E-state index in [0.29, 0.717) is 10.9 Å². The Balaban J connectivity index is 1.71. The first kappa shape index (κ1) is 17.8. The summed E-state index contributed by atoms with van der Waals surface area (Å²) in [6.07, 6.45) is 3.32. The van der Waals surface area contributed by atoms with E-state index in [-0.39, 0.29) is 17.5 Å². The van der Waals surface area contributed by atoms with E-state index in [1.807, 2.05) is 6.92 Å². The molecule has 25 heavy (non-hydrogen) atoms. The van der Waals surface area contributed by atoms with Crippen LogP contribution in [0.3, 0.4) is 0 Å². The van der Waals surface area contributed by atoms with Gasteiger partial charge in [0.25, 0.3) is 5.91 Å². The van der Waals surface area contributed by atoms with Crippen LogP contribution < -0.4 is 10.6 Å². The second kappa shape index (κ2) is 6.74. The Bertz CT molecular complexity index is 742. The number of anilines is 1. The lowest BCUT2D eigenvalue weighted by Crippen LogP contribution is -2.54. The number of amides is 4. The van der Waals surface area contributed by atoms with Crippen molar-refractivity contribution in [1.82, 2.24) is 10.2 Å². The van der Waals surface area contributed by atoms with Crippen LogP contribution in [-0.2, 0) is 9.59 Å². The van der Waals surface area contributed by atoms with Crippen LogP contribution in [-0.4, -0.2) is 34.8 Å². The molecule has 2 fully saturated rings. The van der Waals surface area contributed by atoms with E-state index in [9.17, 15) is 18.8 Å². The van der Waals surface area contributed by atoms with Gasteiger partial charge in [0.2, 0.25) is 5.91 Å². The maximum Gasteiger partial charge on any atom is 0.325 e. The van der Waals surface area contributed by atoms with E-state index in [1.165, 1.54) is 12.1 Å². The number of urea groups is 1. The number of carbonyl (C=O) groups excluding carboxylic acids is 3. The molecule has 1 aliphatic heterocycles. The van der Waals surface area contributed by atoms with Gasteiger partial charge in [-0.15, -0.1) is 0 Å². The summed E-state index contributed by atoms with van der Waals surface area (Å²) in [7, 11) is 0. The minimum Gasteiger partial charge on any atom is -0.323 e. The van der Waals surface area contributed by atoms with Gasteiger partial charge in [0, 0.05) is 4.47 Å². The van der Waals surface area contributed by atoms with Crippen molar-refractivity contribution >= 4 is 39.5 Å². The molecule has 1 saturated carbocycles. The molecule has 3 rings (SSSR count). The Hall–Kier alpha value is -1.96. The van der Waals surface area contributed by atoms with Crippen molar-refractivity contribution in [3.63, 3.8) is 0 Å². The van der Waals surface area contributed by atoms with Crippen LogP contribution in [0.25, 0.3) is 0 Å². The van der Waals surface area contributed by atoms with E-state index in [4.69, 9.17) is 0 Å². The maximum atomic E-state index is 13.8. The fourth-order valence-electron chi connectivity index (χ4n) is 3.56. The van der Waals surface area contributed by atoms with Gasteiger partial charge in [0.1, 0.15) is 17.9 Å². The number of halogens is 2. The zero-order valence-corrected chi connectivity index (χ0v) is 15.4. The van der Waals surface area contributed by atoms with Crippen molar-refractivity contribution in [2.75, 3.05) is 11.9 Å². The molecular weight excluding hydrogens is 393 g/mol. The molecule has 1 aliphatic carbocycles. The third-order valence-corrected chi connectivity index (χ3v) is 5.50. The summed E-state index contributed by atoms with van der Waals surface area (Å²) in [5.74, 6) is -1.56. The minimum atomic E-state index is -0.904. The predicted octanol–water partition coefficient (Wildman–Crippen LogP) is 3.03. The molecule has 0 bridgehead atoms. The lowest BCUT2D eigenvalue weighted by molar-refractivity contribution is -0.136. The largest absolute Gasteiger partial charge is 0.325 e. The number of rotatable bonds is 3. The highest BCUT2D eigenvalue weighted by atomic mass is 79.9. The molecule has 1 heterocycles. The predicted molar refractivity (Wildman–Crippen MR) is 93.3 cm³/mol. The molecule has 1 aromatic rings. The topological polar surface area (TPSA) is 78.5 Å². The van der Waals surface area contributed by atoms with E-state index >= 15 is 0 Å². The van der Waals surface area contributed by atoms with Crippen LogP contribution in [0.15, 0.2) is 22.7 Å². The number of hydrogen-bond acceptors (Lipinski definition) is 3. The van der Waals surface area contributed by atoms with Gasteiger partial charge in [-0.05, 0) is 37.0 Å². The van der Waals surface area contributed by atoms with Crippen molar-refractivity contribution in [3.05, 3.63) is 28.5 Å². The molecule has 8 heteroatoms. The summed E-state index contributed by atoms with van der Waals surface area (Å²) in [5, 5.41) is 5.18. The first-order valence-electron chi connectivity index (χ1n) is 8.22. The maximum absolute atomic E-state index is 13.8. The number of carbonyl (C=O) groups is 3. The quantitative estimate of drug-likeness (QED) is 0.750. The van der Waals surface area contributed by atoms with Crippen molar-refractivity contribution in [1.29, 1.82) is 0 Å². The second-order valence-corrected chi connectivity index (χ2v) is 7.53. The van der Waals surface area contributed by atoms with E-state index in [0.717, 1.165) is 24.2 Å². The van der Waals surface area contributed by atoms with Gasteiger partial charge in [-0.2, -0.15) is 0 Å². The van der Waals surface area contributed by atoms with Crippen LogP contribution in [0.2, 0.25) is 0 Å². The van der Waals surface area contributed by atoms with Crippen molar-refractivity contribution in [2.24, 2.45) is 5.92 Å². The van der Waals surface area contributed by atoms with Crippen LogP contribution in [0, 0.1) is 11.7 Å². The Kier molecular flexibility index (Phi) is 4.81. The lowest BCUT2D eigenvalue weighted by Gasteiger charge is -2.36. The molecular formula is C17H19BrFN3O3. The van der Waals surface area contributed by atoms with Crippen LogP contribution in [0.4, 0.5) is 14.9 Å². The smallest absolute Gasteiger partial charge is 0.323 e. The molecule has 0 radical (unpaired) electrons. The minimum absolute atomic E-state index is 0.000928. The summed E-state index contributed by atoms with van der Waals surface area (Å²) in [6, 6.07) is 3.66. The third kappa shape index (κ3) is 3.27. The second-order valence-electron chi connectivity index (χ2n) is 6.61. The first-order valence-corrected chi connectivity index (χ1v) is 9.02. The standard InChI is InChI=1S/C17H19BrFN3O3/c1-10-4-2-3-7-17(10)15(24)22(16(25)21-17)9-14(23)20-13-6-5-11(18)8-12(13)19/h5-6,8,10H,2-4,7,9H2,1H3,(H,20,23)(H,21,25)/t10-,17+/m0/s1. The Morgan fingerprint density at radius 2 is 2.20 bits per heavy atom. The van der Waals surface area contributed by atoms with Crippen molar-refractivity contribution in [2.45, 2.75) is 38.1 Å². The highest BCUT2D eigenvalue weighted by Crippen LogP contribution is 2.38. The molecule has 6 nitrogen and oxygen atoms in total. The van der Waals surface area contributed by atoms with Crippen LogP contribution in [0.1, 0.15) is 32.6 Å². The number of benzene rings is 1. The monoisotopic (exact) mass is 411 g/mol. The molecule has 4 amide bonds. The van der Waals surface area contributed by atoms with Gasteiger partial charge in [0.15, 0.2) is 0 Å². The SMILES string of the molecule is C[C@H]1CCCC[C@@]12NC(=O)N(CC(=O)Nc1ccc(Br)cc1F)C2=O. The van der Waals surface area contributed by atoms with Crippen LogP contribution >= 0.6 is 15.9 Å². The zero-order valence-electron chi connectivity index (χ0n) is 13.8. The Morgan fingerprint density at radius 3 is 2.88 bits per heavy atom. The number of nitrogens with one attached hydrogen (secondary N) is 2. The van der Waals surface area contributed by atoms with E-state index in [2.05, 4.69) is 26.6 Å². The molecule has 1 spiro atoms.